The van der Waals surface area contributed by atoms with Crippen molar-refractivity contribution >= 4 is 43.8 Å². The molecule has 0 radical (unpaired) electrons. The van der Waals surface area contributed by atoms with Crippen LogP contribution in [0.3, 0.4) is 0 Å². The lowest BCUT2D eigenvalue weighted by Gasteiger charge is -2.32. The summed E-state index contributed by atoms with van der Waals surface area (Å²) in [7, 11) is 0. The third kappa shape index (κ3) is 5.39. The largest absolute Gasteiger partial charge is 0.207 e. The van der Waals surface area contributed by atoms with E-state index >= 15 is 17.6 Å². The Morgan fingerprint density at radius 3 is 1.16 bits per heavy atom. The second-order valence-electron chi connectivity index (χ2n) is 16.3. The van der Waals surface area contributed by atoms with E-state index in [-0.39, 0.29) is 29.2 Å². The van der Waals surface area contributed by atoms with Gasteiger partial charge >= 0.3 is 0 Å². The Hall–Kier alpha value is -7.56. The molecule has 0 spiro atoms. The van der Waals surface area contributed by atoms with Crippen LogP contribution in [0.1, 0.15) is 45.2 Å². The molecular weight excluding hydrogens is 773 g/mol. The van der Waals surface area contributed by atoms with Gasteiger partial charge in [0.1, 0.15) is 23.3 Å². The van der Waals surface area contributed by atoms with Crippen molar-refractivity contribution in [1.29, 1.82) is 0 Å². The third-order valence-electron chi connectivity index (χ3n) is 13.1. The summed E-state index contributed by atoms with van der Waals surface area (Å²) in [6.07, 6.45) is 0. The number of fused-ring (bicyclic) bond motifs is 12. The Morgan fingerprint density at radius 2 is 0.661 bits per heavy atom. The Balaban J connectivity index is 1.39. The minimum atomic E-state index is -0.395. The molecule has 0 aliphatic heterocycles. The molecular formula is C58H34F4. The van der Waals surface area contributed by atoms with Gasteiger partial charge in [-0.15, -0.1) is 0 Å². The maximum Gasteiger partial charge on any atom is 0.123 e. The predicted molar refractivity (Wildman–Crippen MR) is 243 cm³/mol. The van der Waals surface area contributed by atoms with E-state index in [1.165, 1.54) is 48.5 Å². The summed E-state index contributed by atoms with van der Waals surface area (Å²) in [5, 5.41) is 6.17. The molecule has 9 aromatic carbocycles. The van der Waals surface area contributed by atoms with Gasteiger partial charge in [0.15, 0.2) is 0 Å². The lowest BCUT2D eigenvalue weighted by Crippen LogP contribution is -2.27. The van der Waals surface area contributed by atoms with Crippen molar-refractivity contribution in [3.63, 3.8) is 0 Å². The standard InChI is InChI=1S/C58H34F4/c59-37-25-17-33(18-26-37)49-53-45-13-5-1-9-41(45)42-10-2-6-14-46(42)54(53)50(34-19-27-38(60)28-20-34)57(49)58-51(35-21-29-39(61)30-22-35)55-47-15-7-3-11-43(47)44-12-4-8-16-48(44)56(55)52(58)36-23-31-40(62)32-24-36/h1-32,49,53H. The van der Waals surface area contributed by atoms with Crippen LogP contribution in [0.15, 0.2) is 205 Å². The van der Waals surface area contributed by atoms with Crippen molar-refractivity contribution in [3.05, 3.63) is 272 Å². The van der Waals surface area contributed by atoms with Crippen LogP contribution in [-0.2, 0) is 0 Å². The number of rotatable bonds is 4. The summed E-state index contributed by atoms with van der Waals surface area (Å²) in [5.41, 5.74) is 13.5. The van der Waals surface area contributed by atoms with Gasteiger partial charge in [-0.05, 0) is 158 Å². The molecule has 0 amide bonds. The van der Waals surface area contributed by atoms with Gasteiger partial charge in [-0.1, -0.05) is 146 Å². The average molecular weight is 807 g/mol. The fraction of sp³-hybridized carbons (Fsp3) is 0.0345. The molecule has 0 nitrogen and oxygen atoms in total. The molecule has 294 valence electrons. The topological polar surface area (TPSA) is 0 Å². The van der Waals surface area contributed by atoms with E-state index in [1.54, 1.807) is 0 Å². The Bertz CT molecular complexity index is 3390. The lowest BCUT2D eigenvalue weighted by molar-refractivity contribution is 0.625. The van der Waals surface area contributed by atoms with Gasteiger partial charge < -0.3 is 0 Å². The van der Waals surface area contributed by atoms with Crippen molar-refractivity contribution in [2.45, 2.75) is 11.8 Å². The first-order chi connectivity index (χ1) is 30.4. The molecule has 2 unspecified atom stereocenters. The van der Waals surface area contributed by atoms with Gasteiger partial charge in [-0.25, -0.2) is 17.6 Å². The Kier molecular flexibility index (Phi) is 8.20. The molecule has 3 aliphatic carbocycles. The number of allylic oxidation sites excluding steroid dienone is 4. The van der Waals surface area contributed by atoms with E-state index in [0.717, 1.165) is 110 Å². The molecule has 3 aliphatic rings. The van der Waals surface area contributed by atoms with Crippen molar-refractivity contribution in [2.24, 2.45) is 0 Å². The summed E-state index contributed by atoms with van der Waals surface area (Å²) in [5.74, 6) is -2.05. The van der Waals surface area contributed by atoms with E-state index in [0.29, 0.717) is 0 Å². The van der Waals surface area contributed by atoms with Gasteiger partial charge in [0, 0.05) is 11.8 Å². The van der Waals surface area contributed by atoms with Crippen molar-refractivity contribution in [1.82, 2.24) is 0 Å². The van der Waals surface area contributed by atoms with Gasteiger partial charge in [-0.3, -0.25) is 0 Å². The first-order valence-corrected chi connectivity index (χ1v) is 20.8. The van der Waals surface area contributed by atoms with E-state index < -0.39 is 5.92 Å². The van der Waals surface area contributed by atoms with E-state index in [4.69, 9.17) is 0 Å². The highest BCUT2D eigenvalue weighted by atomic mass is 19.1. The number of hydrogen-bond donors (Lipinski definition) is 0. The minimum absolute atomic E-state index is 0.254. The minimum Gasteiger partial charge on any atom is -0.207 e. The van der Waals surface area contributed by atoms with Crippen LogP contribution >= 0.6 is 0 Å². The van der Waals surface area contributed by atoms with Crippen molar-refractivity contribution in [2.75, 3.05) is 0 Å². The molecule has 0 N–H and O–H groups in total. The van der Waals surface area contributed by atoms with Crippen LogP contribution in [0, 0.1) is 23.3 Å². The van der Waals surface area contributed by atoms with Crippen molar-refractivity contribution in [3.8, 4) is 11.1 Å². The normalized spacial score (nSPS) is 16.5. The summed E-state index contributed by atoms with van der Waals surface area (Å²) in [4.78, 5) is 0. The molecule has 9 aromatic rings. The highest BCUT2D eigenvalue weighted by Crippen LogP contribution is 2.65. The second kappa shape index (κ2) is 14.0. The van der Waals surface area contributed by atoms with Crippen LogP contribution in [0.25, 0.3) is 55.0 Å². The zero-order chi connectivity index (χ0) is 41.6. The van der Waals surface area contributed by atoms with Crippen molar-refractivity contribution < 1.29 is 17.6 Å². The third-order valence-corrected chi connectivity index (χ3v) is 13.1. The SMILES string of the molecule is Fc1ccc(C2=C3c4ccccc4-c4ccccc4C3C(c3ccc(F)cc3)C2=C2C(c3ccc(F)cc3)=c3c(c4ccccc4c4ccccc34)=C2c2ccc(F)cc2)cc1. The molecule has 0 saturated carbocycles. The summed E-state index contributed by atoms with van der Waals surface area (Å²) < 4.78 is 60.4. The van der Waals surface area contributed by atoms with Gasteiger partial charge in [0.25, 0.3) is 0 Å². The second-order valence-corrected chi connectivity index (χ2v) is 16.3. The number of hydrogen-bond acceptors (Lipinski definition) is 0. The molecule has 2 atom stereocenters. The highest BCUT2D eigenvalue weighted by molar-refractivity contribution is 6.19. The fourth-order valence-corrected chi connectivity index (χ4v) is 10.7. The Labute approximate surface area is 355 Å². The molecule has 4 heteroatoms. The zero-order valence-electron chi connectivity index (χ0n) is 33.1. The van der Waals surface area contributed by atoms with E-state index in [9.17, 15) is 0 Å². The summed E-state index contributed by atoms with van der Waals surface area (Å²) in [6.45, 7) is 0. The average Bonchev–Trinajstić information content (AvgIpc) is 3.85. The first-order valence-electron chi connectivity index (χ1n) is 20.8. The predicted octanol–water partition coefficient (Wildman–Crippen LogP) is 13.4. The molecule has 12 rings (SSSR count). The molecule has 0 bridgehead atoms. The van der Waals surface area contributed by atoms with Crippen LogP contribution in [0.4, 0.5) is 17.6 Å². The summed E-state index contributed by atoms with van der Waals surface area (Å²) in [6, 6.07) is 60.7. The molecule has 0 saturated heterocycles. The monoisotopic (exact) mass is 806 g/mol. The van der Waals surface area contributed by atoms with Crippen LogP contribution in [-0.4, -0.2) is 0 Å². The summed E-state index contributed by atoms with van der Waals surface area (Å²) >= 11 is 0. The molecule has 0 aromatic heterocycles. The fourth-order valence-electron chi connectivity index (χ4n) is 10.7. The molecule has 0 heterocycles. The zero-order valence-corrected chi connectivity index (χ0v) is 33.1. The first kappa shape index (κ1) is 36.3. The van der Waals surface area contributed by atoms with Crippen LogP contribution < -0.4 is 10.4 Å². The van der Waals surface area contributed by atoms with E-state index in [1.807, 2.05) is 60.7 Å². The van der Waals surface area contributed by atoms with Gasteiger partial charge in [-0.2, -0.15) is 0 Å². The van der Waals surface area contributed by atoms with E-state index in [2.05, 4.69) is 84.9 Å². The highest BCUT2D eigenvalue weighted by Gasteiger charge is 2.48. The van der Waals surface area contributed by atoms with Gasteiger partial charge in [0.05, 0.1) is 0 Å². The lowest BCUT2D eigenvalue weighted by atomic mass is 9.70. The smallest absolute Gasteiger partial charge is 0.123 e. The molecule has 0 fully saturated rings. The quantitative estimate of drug-likeness (QED) is 0.123. The number of halogens is 4. The number of benzene rings is 9. The maximum atomic E-state index is 15.1. The van der Waals surface area contributed by atoms with Gasteiger partial charge in [0.2, 0.25) is 0 Å². The Morgan fingerprint density at radius 1 is 0.274 bits per heavy atom. The molecule has 62 heavy (non-hydrogen) atoms. The van der Waals surface area contributed by atoms with Crippen LogP contribution in [0.2, 0.25) is 0 Å². The van der Waals surface area contributed by atoms with Crippen LogP contribution in [0.5, 0.6) is 0 Å². The maximum absolute atomic E-state index is 15.1.